The molecule has 8 heteroatoms. The highest BCUT2D eigenvalue weighted by atomic mass is 35.5. The number of amides is 3. The van der Waals surface area contributed by atoms with Gasteiger partial charge in [-0.15, -0.1) is 12.4 Å². The van der Waals surface area contributed by atoms with Gasteiger partial charge in [0, 0.05) is 24.2 Å². The van der Waals surface area contributed by atoms with Crippen LogP contribution in [0.15, 0.2) is 24.3 Å². The van der Waals surface area contributed by atoms with Gasteiger partial charge in [0.05, 0.1) is 6.04 Å². The molecule has 0 radical (unpaired) electrons. The Morgan fingerprint density at radius 1 is 1.21 bits per heavy atom. The molecule has 0 aliphatic rings. The first-order chi connectivity index (χ1) is 10.6. The number of benzene rings is 1. The molecule has 6 N–H and O–H groups in total. The zero-order valence-corrected chi connectivity index (χ0v) is 14.9. The standard InChI is InChI=1S/C16H24N4O3.ClH/c1-16(2,3)13(18)15(23)20-11-6-4-5-10(9-11)14(22)19-8-7-12(17)21;/h4-6,9,13H,7-8,18H2,1-3H3,(H2,17,21)(H,19,22)(H,20,23);1H/t13-;/m1./s1. The summed E-state index contributed by atoms with van der Waals surface area (Å²) in [6.45, 7) is 5.79. The molecule has 1 aromatic rings. The van der Waals surface area contributed by atoms with E-state index in [1.54, 1.807) is 24.3 Å². The van der Waals surface area contributed by atoms with Crippen molar-refractivity contribution in [3.63, 3.8) is 0 Å². The van der Waals surface area contributed by atoms with Gasteiger partial charge in [-0.2, -0.15) is 0 Å². The minimum atomic E-state index is -0.671. The first-order valence-electron chi connectivity index (χ1n) is 7.34. The van der Waals surface area contributed by atoms with E-state index in [2.05, 4.69) is 10.6 Å². The average molecular weight is 357 g/mol. The van der Waals surface area contributed by atoms with Crippen molar-refractivity contribution in [1.82, 2.24) is 5.32 Å². The molecule has 1 atom stereocenters. The maximum absolute atomic E-state index is 12.1. The smallest absolute Gasteiger partial charge is 0.251 e. The molecule has 0 aliphatic carbocycles. The average Bonchev–Trinajstić information content (AvgIpc) is 2.45. The number of nitrogens with one attached hydrogen (secondary N) is 2. The number of hydrogen-bond acceptors (Lipinski definition) is 4. The van der Waals surface area contributed by atoms with E-state index in [-0.39, 0.29) is 42.6 Å². The molecule has 0 unspecified atom stereocenters. The van der Waals surface area contributed by atoms with Crippen LogP contribution in [0.4, 0.5) is 5.69 Å². The second-order valence-electron chi connectivity index (χ2n) is 6.39. The molecule has 0 spiro atoms. The van der Waals surface area contributed by atoms with Crippen LogP contribution in [-0.4, -0.2) is 30.3 Å². The maximum Gasteiger partial charge on any atom is 0.251 e. The zero-order valence-electron chi connectivity index (χ0n) is 14.1. The molecule has 0 aromatic heterocycles. The molecule has 1 rings (SSSR count). The van der Waals surface area contributed by atoms with Crippen molar-refractivity contribution in [2.24, 2.45) is 16.9 Å². The molecular weight excluding hydrogens is 332 g/mol. The van der Waals surface area contributed by atoms with Crippen LogP contribution in [0.2, 0.25) is 0 Å². The van der Waals surface area contributed by atoms with Crippen molar-refractivity contribution in [3.05, 3.63) is 29.8 Å². The first-order valence-corrected chi connectivity index (χ1v) is 7.34. The lowest BCUT2D eigenvalue weighted by Crippen LogP contribution is -2.45. The molecule has 0 heterocycles. The van der Waals surface area contributed by atoms with Crippen LogP contribution in [-0.2, 0) is 9.59 Å². The normalized spacial score (nSPS) is 11.8. The topological polar surface area (TPSA) is 127 Å². The molecular formula is C16H25ClN4O3. The lowest BCUT2D eigenvalue weighted by atomic mass is 9.87. The highest BCUT2D eigenvalue weighted by molar-refractivity contribution is 5.98. The van der Waals surface area contributed by atoms with E-state index in [0.29, 0.717) is 11.3 Å². The monoisotopic (exact) mass is 356 g/mol. The number of halogens is 1. The van der Waals surface area contributed by atoms with E-state index in [0.717, 1.165) is 0 Å². The molecule has 3 amide bonds. The van der Waals surface area contributed by atoms with Crippen LogP contribution in [0.5, 0.6) is 0 Å². The second kappa shape index (κ2) is 9.24. The fourth-order valence-electron chi connectivity index (χ4n) is 1.75. The summed E-state index contributed by atoms with van der Waals surface area (Å²) >= 11 is 0. The number of anilines is 1. The van der Waals surface area contributed by atoms with Gasteiger partial charge in [-0.25, -0.2) is 0 Å². The maximum atomic E-state index is 12.1. The lowest BCUT2D eigenvalue weighted by Gasteiger charge is -2.25. The van der Waals surface area contributed by atoms with Gasteiger partial charge in [0.1, 0.15) is 0 Å². The Balaban J connectivity index is 0.00000529. The van der Waals surface area contributed by atoms with E-state index in [4.69, 9.17) is 11.5 Å². The largest absolute Gasteiger partial charge is 0.370 e. The van der Waals surface area contributed by atoms with Crippen molar-refractivity contribution in [2.75, 3.05) is 11.9 Å². The molecule has 0 aliphatic heterocycles. The SMILES string of the molecule is CC(C)(C)[C@H](N)C(=O)Nc1cccc(C(=O)NCCC(N)=O)c1.Cl. The molecule has 7 nitrogen and oxygen atoms in total. The molecule has 0 bridgehead atoms. The van der Waals surface area contributed by atoms with Crippen LogP contribution in [0.3, 0.4) is 0 Å². The van der Waals surface area contributed by atoms with Crippen molar-refractivity contribution in [1.29, 1.82) is 0 Å². The highest BCUT2D eigenvalue weighted by Gasteiger charge is 2.27. The van der Waals surface area contributed by atoms with Crippen molar-refractivity contribution < 1.29 is 14.4 Å². The number of carbonyl (C=O) groups excluding carboxylic acids is 3. The number of rotatable bonds is 6. The van der Waals surface area contributed by atoms with Gasteiger partial charge in [0.15, 0.2) is 0 Å². The minimum absolute atomic E-state index is 0. The first kappa shape index (κ1) is 21.9. The van der Waals surface area contributed by atoms with Crippen LogP contribution < -0.4 is 22.1 Å². The molecule has 0 fully saturated rings. The van der Waals surface area contributed by atoms with E-state index in [9.17, 15) is 14.4 Å². The Morgan fingerprint density at radius 2 is 1.83 bits per heavy atom. The summed E-state index contributed by atoms with van der Waals surface area (Å²) in [4.78, 5) is 34.7. The summed E-state index contributed by atoms with van der Waals surface area (Å²) in [5.41, 5.74) is 11.4. The number of primary amides is 1. The van der Waals surface area contributed by atoms with Gasteiger partial charge in [0.25, 0.3) is 5.91 Å². The van der Waals surface area contributed by atoms with Crippen LogP contribution in [0.25, 0.3) is 0 Å². The third kappa shape index (κ3) is 6.97. The van der Waals surface area contributed by atoms with Crippen molar-refractivity contribution in [2.45, 2.75) is 33.2 Å². The van der Waals surface area contributed by atoms with E-state index in [1.165, 1.54) is 0 Å². The Bertz CT molecular complexity index is 599. The Kier molecular flexibility index (Phi) is 8.43. The molecule has 0 saturated carbocycles. The number of nitrogens with two attached hydrogens (primary N) is 2. The highest BCUT2D eigenvalue weighted by Crippen LogP contribution is 2.19. The fourth-order valence-corrected chi connectivity index (χ4v) is 1.75. The van der Waals surface area contributed by atoms with Gasteiger partial charge in [-0.3, -0.25) is 14.4 Å². The summed E-state index contributed by atoms with van der Waals surface area (Å²) in [6, 6.07) is 5.82. The van der Waals surface area contributed by atoms with Crippen LogP contribution in [0, 0.1) is 5.41 Å². The van der Waals surface area contributed by atoms with E-state index >= 15 is 0 Å². The third-order valence-corrected chi connectivity index (χ3v) is 3.26. The molecule has 24 heavy (non-hydrogen) atoms. The Hall–Kier alpha value is -2.12. The van der Waals surface area contributed by atoms with Crippen molar-refractivity contribution in [3.8, 4) is 0 Å². The third-order valence-electron chi connectivity index (χ3n) is 3.26. The van der Waals surface area contributed by atoms with E-state index in [1.807, 2.05) is 20.8 Å². The predicted octanol–water partition coefficient (Wildman–Crippen LogP) is 1.03. The zero-order chi connectivity index (χ0) is 17.6. The minimum Gasteiger partial charge on any atom is -0.370 e. The molecule has 134 valence electrons. The Morgan fingerprint density at radius 3 is 2.38 bits per heavy atom. The van der Waals surface area contributed by atoms with Crippen molar-refractivity contribution >= 4 is 35.8 Å². The number of carbonyl (C=O) groups is 3. The Labute approximate surface area is 147 Å². The summed E-state index contributed by atoms with van der Waals surface area (Å²) in [6.07, 6.45) is 0.0720. The summed E-state index contributed by atoms with van der Waals surface area (Å²) in [5.74, 6) is -1.14. The van der Waals surface area contributed by atoms with Gasteiger partial charge in [-0.1, -0.05) is 26.8 Å². The molecule has 0 saturated heterocycles. The second-order valence-corrected chi connectivity index (χ2v) is 6.39. The van der Waals surface area contributed by atoms with Gasteiger partial charge in [-0.05, 0) is 23.6 Å². The van der Waals surface area contributed by atoms with Gasteiger partial charge < -0.3 is 22.1 Å². The van der Waals surface area contributed by atoms with Crippen LogP contribution in [0.1, 0.15) is 37.6 Å². The summed E-state index contributed by atoms with van der Waals surface area (Å²) in [7, 11) is 0. The summed E-state index contributed by atoms with van der Waals surface area (Å²) in [5, 5.41) is 5.28. The van der Waals surface area contributed by atoms with Gasteiger partial charge >= 0.3 is 0 Å². The van der Waals surface area contributed by atoms with E-state index < -0.39 is 11.9 Å². The lowest BCUT2D eigenvalue weighted by molar-refractivity contribution is -0.119. The quantitative estimate of drug-likeness (QED) is 0.606. The van der Waals surface area contributed by atoms with Crippen LogP contribution >= 0.6 is 12.4 Å². The predicted molar refractivity (Wildman–Crippen MR) is 95.9 cm³/mol. The fraction of sp³-hybridized carbons (Fsp3) is 0.438. The van der Waals surface area contributed by atoms with Gasteiger partial charge in [0.2, 0.25) is 11.8 Å². The molecule has 1 aromatic carbocycles. The number of hydrogen-bond donors (Lipinski definition) is 4. The summed E-state index contributed by atoms with van der Waals surface area (Å²) < 4.78 is 0.